The van der Waals surface area contributed by atoms with E-state index in [1.807, 2.05) is 0 Å². The smallest absolute Gasteiger partial charge is 0.433 e. The lowest BCUT2D eigenvalue weighted by molar-refractivity contribution is -0.386. The Kier molecular flexibility index (Phi) is 7.11. The maximum Gasteiger partial charge on any atom is 0.433 e. The fourth-order valence-electron chi connectivity index (χ4n) is 4.11. The highest BCUT2D eigenvalue weighted by Gasteiger charge is 2.35. The number of ether oxygens (including phenoxy) is 1. The molecule has 0 radical (unpaired) electrons. The van der Waals surface area contributed by atoms with Gasteiger partial charge in [-0.25, -0.2) is 9.67 Å². The quantitative estimate of drug-likeness (QED) is 0.193. The number of amides is 2. The number of alkyl halides is 3. The Morgan fingerprint density at radius 1 is 1.21 bits per heavy atom. The third-order valence-electron chi connectivity index (χ3n) is 6.23. The summed E-state index contributed by atoms with van der Waals surface area (Å²) in [6, 6.07) is 7.86. The SMILES string of the molecule is Cc1c(-c2cc(C(F)(F)F)nc3sc(C(N)=O)c(NC(=O)c4ccn(COc5ccccc5[N+](=O)[O-])n4)c23)cnn1C. The van der Waals surface area contributed by atoms with Crippen LogP contribution in [0.1, 0.15) is 31.5 Å². The molecule has 0 fully saturated rings. The van der Waals surface area contributed by atoms with Gasteiger partial charge in [-0.1, -0.05) is 12.1 Å². The number of benzene rings is 1. The van der Waals surface area contributed by atoms with Crippen LogP contribution < -0.4 is 15.8 Å². The molecule has 0 aliphatic rings. The van der Waals surface area contributed by atoms with Crippen molar-refractivity contribution in [3.63, 3.8) is 0 Å². The van der Waals surface area contributed by atoms with E-state index < -0.39 is 28.6 Å². The number of nitro groups is 1. The van der Waals surface area contributed by atoms with Gasteiger partial charge in [0.15, 0.2) is 18.2 Å². The summed E-state index contributed by atoms with van der Waals surface area (Å²) in [6.45, 7) is 1.38. The summed E-state index contributed by atoms with van der Waals surface area (Å²) in [4.78, 5) is 39.5. The first kappa shape index (κ1) is 28.2. The molecule has 17 heteroatoms. The summed E-state index contributed by atoms with van der Waals surface area (Å²) in [5.41, 5.74) is 4.72. The van der Waals surface area contributed by atoms with Gasteiger partial charge in [0.25, 0.3) is 11.8 Å². The molecule has 0 spiro atoms. The van der Waals surface area contributed by atoms with Crippen molar-refractivity contribution in [1.29, 1.82) is 0 Å². The van der Waals surface area contributed by atoms with Crippen molar-refractivity contribution < 1.29 is 32.4 Å². The molecule has 0 saturated carbocycles. The van der Waals surface area contributed by atoms with E-state index in [1.54, 1.807) is 20.0 Å². The molecule has 0 atom stereocenters. The monoisotopic (exact) mass is 600 g/mol. The van der Waals surface area contributed by atoms with Gasteiger partial charge in [-0.15, -0.1) is 11.3 Å². The lowest BCUT2D eigenvalue weighted by Crippen LogP contribution is -2.18. The molecule has 2 amide bonds. The Bertz CT molecular complexity index is 1880. The highest BCUT2D eigenvalue weighted by atomic mass is 32.1. The molecule has 42 heavy (non-hydrogen) atoms. The van der Waals surface area contributed by atoms with E-state index in [4.69, 9.17) is 10.5 Å². The second kappa shape index (κ2) is 10.6. The first-order chi connectivity index (χ1) is 19.8. The fraction of sp³-hybridized carbons (Fsp3) is 0.160. The van der Waals surface area contributed by atoms with E-state index in [0.717, 1.165) is 6.07 Å². The molecule has 0 saturated heterocycles. The molecule has 0 bridgehead atoms. The van der Waals surface area contributed by atoms with Crippen molar-refractivity contribution in [3.8, 4) is 16.9 Å². The van der Waals surface area contributed by atoms with Gasteiger partial charge in [-0.05, 0) is 30.7 Å². The predicted octanol–water partition coefficient (Wildman–Crippen LogP) is 4.52. The number of nitrogens with one attached hydrogen (secondary N) is 1. The van der Waals surface area contributed by atoms with Gasteiger partial charge >= 0.3 is 11.9 Å². The highest BCUT2D eigenvalue weighted by molar-refractivity contribution is 7.21. The van der Waals surface area contributed by atoms with Crippen LogP contribution in [0.4, 0.5) is 24.5 Å². The number of aromatic nitrogens is 5. The Hall–Kier alpha value is -5.32. The number of halogens is 3. The van der Waals surface area contributed by atoms with E-state index in [0.29, 0.717) is 22.6 Å². The summed E-state index contributed by atoms with van der Waals surface area (Å²) in [5.74, 6) is -1.81. The minimum atomic E-state index is -4.80. The standard InChI is InChI=1S/C25H19F3N8O5S/c1-12-14(10-30-34(12)2)13-9-18(25(26,27)28)31-24-19(13)20(21(42-24)22(29)37)32-23(38)15-7-8-35(33-15)11-41-17-6-4-3-5-16(17)36(39)40/h3-10H,11H2,1-2H3,(H2,29,37)(H,32,38). The number of anilines is 1. The molecule has 1 aromatic carbocycles. The third kappa shape index (κ3) is 5.24. The minimum Gasteiger partial charge on any atom is -0.464 e. The number of hydrogen-bond acceptors (Lipinski definition) is 9. The maximum atomic E-state index is 13.8. The zero-order valence-corrected chi connectivity index (χ0v) is 22.5. The number of nitro benzene ring substituents is 1. The molecule has 4 heterocycles. The second-order valence-electron chi connectivity index (χ2n) is 8.86. The largest absolute Gasteiger partial charge is 0.464 e. The van der Waals surface area contributed by atoms with E-state index >= 15 is 0 Å². The van der Waals surface area contributed by atoms with Gasteiger partial charge in [0.1, 0.15) is 15.4 Å². The minimum absolute atomic E-state index is 0.0104. The molecule has 5 rings (SSSR count). The summed E-state index contributed by atoms with van der Waals surface area (Å²) in [7, 11) is 1.61. The number of fused-ring (bicyclic) bond motifs is 1. The van der Waals surface area contributed by atoms with Crippen LogP contribution in [0.2, 0.25) is 0 Å². The van der Waals surface area contributed by atoms with E-state index in [-0.39, 0.29) is 50.2 Å². The molecule has 0 unspecified atom stereocenters. The Morgan fingerprint density at radius 3 is 2.60 bits per heavy atom. The van der Waals surface area contributed by atoms with E-state index in [1.165, 1.54) is 46.0 Å². The van der Waals surface area contributed by atoms with Crippen LogP contribution in [0.3, 0.4) is 0 Å². The second-order valence-corrected chi connectivity index (χ2v) is 9.86. The fourth-order valence-corrected chi connectivity index (χ4v) is 5.12. The van der Waals surface area contributed by atoms with E-state index in [9.17, 15) is 32.9 Å². The number of aryl methyl sites for hydroxylation is 1. The molecule has 216 valence electrons. The molecular weight excluding hydrogens is 581 g/mol. The van der Waals surface area contributed by atoms with Crippen LogP contribution in [0.25, 0.3) is 21.3 Å². The van der Waals surface area contributed by atoms with Gasteiger partial charge in [0.05, 0.1) is 16.8 Å². The number of carbonyl (C=O) groups is 2. The van der Waals surface area contributed by atoms with Crippen molar-refractivity contribution in [3.05, 3.63) is 80.9 Å². The average molecular weight is 601 g/mol. The van der Waals surface area contributed by atoms with E-state index in [2.05, 4.69) is 20.5 Å². The van der Waals surface area contributed by atoms with Crippen LogP contribution in [0, 0.1) is 17.0 Å². The summed E-state index contributed by atoms with van der Waals surface area (Å²) < 4.78 is 49.4. The third-order valence-corrected chi connectivity index (χ3v) is 7.33. The Morgan fingerprint density at radius 2 is 1.95 bits per heavy atom. The number of nitrogens with two attached hydrogens (primary N) is 1. The van der Waals surface area contributed by atoms with Crippen LogP contribution in [-0.2, 0) is 20.0 Å². The van der Waals surface area contributed by atoms with Gasteiger partial charge in [0, 0.05) is 36.0 Å². The number of primary amides is 1. The Balaban J connectivity index is 1.52. The van der Waals surface area contributed by atoms with Gasteiger partial charge < -0.3 is 15.8 Å². The maximum absolute atomic E-state index is 13.8. The van der Waals surface area contributed by atoms with Gasteiger partial charge in [-0.3, -0.25) is 24.4 Å². The van der Waals surface area contributed by atoms with Crippen molar-refractivity contribution in [2.45, 2.75) is 19.8 Å². The molecule has 4 aromatic heterocycles. The first-order valence-electron chi connectivity index (χ1n) is 11.9. The summed E-state index contributed by atoms with van der Waals surface area (Å²) >= 11 is 0.607. The van der Waals surface area contributed by atoms with Crippen molar-refractivity contribution >= 4 is 44.7 Å². The lowest BCUT2D eigenvalue weighted by Gasteiger charge is -2.12. The molecule has 3 N–H and O–H groups in total. The number of rotatable bonds is 8. The van der Waals surface area contributed by atoms with Crippen molar-refractivity contribution in [2.24, 2.45) is 12.8 Å². The first-order valence-corrected chi connectivity index (χ1v) is 12.7. The zero-order chi connectivity index (χ0) is 30.3. The van der Waals surface area contributed by atoms with Gasteiger partial charge in [-0.2, -0.15) is 23.4 Å². The van der Waals surface area contributed by atoms with Crippen molar-refractivity contribution in [2.75, 3.05) is 5.32 Å². The van der Waals surface area contributed by atoms with Crippen molar-refractivity contribution in [1.82, 2.24) is 24.5 Å². The topological polar surface area (TPSA) is 173 Å². The van der Waals surface area contributed by atoms with Crippen LogP contribution in [0.15, 0.2) is 48.8 Å². The lowest BCUT2D eigenvalue weighted by atomic mass is 10.0. The summed E-state index contributed by atoms with van der Waals surface area (Å²) in [6.07, 6.45) is -2.05. The van der Waals surface area contributed by atoms with Crippen LogP contribution in [-0.4, -0.2) is 41.3 Å². The number of carbonyl (C=O) groups excluding carboxylic acids is 2. The number of thiophene rings is 1. The number of nitrogens with zero attached hydrogens (tertiary/aromatic N) is 6. The Labute approximate surface area is 237 Å². The molecular formula is C25H19F3N8O5S. The molecule has 5 aromatic rings. The molecule has 13 nitrogen and oxygen atoms in total. The average Bonchev–Trinajstić information content (AvgIpc) is 3.64. The highest BCUT2D eigenvalue weighted by Crippen LogP contribution is 2.44. The number of pyridine rings is 1. The summed E-state index contributed by atoms with van der Waals surface area (Å²) in [5, 5.41) is 22.0. The molecule has 0 aliphatic heterocycles. The van der Waals surface area contributed by atoms with Gasteiger partial charge in [0.2, 0.25) is 0 Å². The number of para-hydroxylation sites is 2. The van der Waals surface area contributed by atoms with Crippen LogP contribution in [0.5, 0.6) is 5.75 Å². The predicted molar refractivity (Wildman–Crippen MR) is 144 cm³/mol. The molecule has 0 aliphatic carbocycles. The normalized spacial score (nSPS) is 11.5. The zero-order valence-electron chi connectivity index (χ0n) is 21.7. The number of hydrogen-bond donors (Lipinski definition) is 2. The van der Waals surface area contributed by atoms with Crippen LogP contribution >= 0.6 is 11.3 Å².